The van der Waals surface area contributed by atoms with Crippen LogP contribution in [0.15, 0.2) is 70.7 Å². The van der Waals surface area contributed by atoms with Crippen LogP contribution in [0.3, 0.4) is 0 Å². The Morgan fingerprint density at radius 3 is 2.46 bits per heavy atom. The van der Waals surface area contributed by atoms with Gasteiger partial charge in [0.1, 0.15) is 16.3 Å². The molecule has 8 heteroatoms. The summed E-state index contributed by atoms with van der Waals surface area (Å²) in [6.07, 6.45) is -2.91. The number of alkyl halides is 3. The van der Waals surface area contributed by atoms with Crippen LogP contribution in [0.1, 0.15) is 18.9 Å². The monoisotopic (exact) mass is 405 g/mol. The Kier molecular flexibility index (Phi) is 6.41. The van der Waals surface area contributed by atoms with E-state index in [1.54, 1.807) is 48.5 Å². The molecule has 0 fully saturated rings. The number of hydrogen-bond donors (Lipinski definition) is 1. The second kappa shape index (κ2) is 8.97. The molecule has 1 aromatic heterocycles. The number of aromatic nitrogens is 2. The van der Waals surface area contributed by atoms with Crippen LogP contribution in [0.25, 0.3) is 0 Å². The average molecular weight is 405 g/mol. The summed E-state index contributed by atoms with van der Waals surface area (Å²) in [4.78, 5) is 8.63. The van der Waals surface area contributed by atoms with Crippen molar-refractivity contribution < 1.29 is 17.9 Å². The fourth-order valence-electron chi connectivity index (χ4n) is 2.33. The molecule has 1 heterocycles. The molecule has 3 rings (SSSR count). The van der Waals surface area contributed by atoms with Crippen molar-refractivity contribution in [2.45, 2.75) is 29.4 Å². The summed E-state index contributed by atoms with van der Waals surface area (Å²) >= 11 is 0.942. The molecule has 0 atom stereocenters. The van der Waals surface area contributed by atoms with Crippen LogP contribution >= 0.6 is 11.8 Å². The number of nitrogens with one attached hydrogen (secondary N) is 1. The molecule has 28 heavy (non-hydrogen) atoms. The highest BCUT2D eigenvalue weighted by Gasteiger charge is 2.35. The molecule has 0 radical (unpaired) electrons. The van der Waals surface area contributed by atoms with Crippen molar-refractivity contribution in [1.29, 1.82) is 0 Å². The third-order valence-electron chi connectivity index (χ3n) is 3.61. The first kappa shape index (κ1) is 20.0. The summed E-state index contributed by atoms with van der Waals surface area (Å²) in [7, 11) is 0. The molecule has 3 aromatic rings. The van der Waals surface area contributed by atoms with Gasteiger partial charge in [0.05, 0.1) is 12.3 Å². The van der Waals surface area contributed by atoms with Gasteiger partial charge in [0.25, 0.3) is 0 Å². The summed E-state index contributed by atoms with van der Waals surface area (Å²) in [5.74, 6) is 0.657. The van der Waals surface area contributed by atoms with Crippen molar-refractivity contribution in [1.82, 2.24) is 9.97 Å². The van der Waals surface area contributed by atoms with Gasteiger partial charge < -0.3 is 10.1 Å². The summed E-state index contributed by atoms with van der Waals surface area (Å²) in [6.45, 7) is 2.52. The molecule has 4 nitrogen and oxygen atoms in total. The average Bonchev–Trinajstić information content (AvgIpc) is 2.67. The molecule has 146 valence electrons. The molecule has 0 aliphatic carbocycles. The first-order valence-electron chi connectivity index (χ1n) is 8.63. The predicted molar refractivity (Wildman–Crippen MR) is 103 cm³/mol. The molecule has 0 bridgehead atoms. The van der Waals surface area contributed by atoms with E-state index in [1.165, 1.54) is 0 Å². The van der Waals surface area contributed by atoms with Gasteiger partial charge in [-0.25, -0.2) is 9.97 Å². The first-order valence-corrected chi connectivity index (χ1v) is 9.45. The minimum atomic E-state index is -4.54. The number of rotatable bonds is 7. The van der Waals surface area contributed by atoms with Crippen LogP contribution in [-0.2, 0) is 6.18 Å². The molecule has 0 aliphatic heterocycles. The lowest BCUT2D eigenvalue weighted by molar-refractivity contribution is -0.140. The molecular weight excluding hydrogens is 387 g/mol. The van der Waals surface area contributed by atoms with Crippen LogP contribution in [0, 0.1) is 0 Å². The molecule has 0 amide bonds. The molecule has 0 saturated heterocycles. The van der Waals surface area contributed by atoms with Crippen LogP contribution in [-0.4, -0.2) is 16.6 Å². The zero-order valence-electron chi connectivity index (χ0n) is 15.0. The molecule has 1 N–H and O–H groups in total. The normalized spacial score (nSPS) is 11.3. The van der Waals surface area contributed by atoms with Gasteiger partial charge in [-0.1, -0.05) is 49.0 Å². The molecule has 0 spiro atoms. The number of ether oxygens (including phenoxy) is 1. The minimum absolute atomic E-state index is 0.0685. The number of halogens is 3. The zero-order valence-corrected chi connectivity index (χ0v) is 15.8. The van der Waals surface area contributed by atoms with E-state index in [-0.39, 0.29) is 11.0 Å². The van der Waals surface area contributed by atoms with E-state index in [2.05, 4.69) is 15.3 Å². The van der Waals surface area contributed by atoms with Crippen LogP contribution in [0.2, 0.25) is 0 Å². The smallest absolute Gasteiger partial charge is 0.420 e. The first-order chi connectivity index (χ1) is 13.5. The Bertz CT molecular complexity index is 920. The van der Waals surface area contributed by atoms with Gasteiger partial charge in [0.2, 0.25) is 5.95 Å². The van der Waals surface area contributed by atoms with Gasteiger partial charge in [-0.2, -0.15) is 13.2 Å². The van der Waals surface area contributed by atoms with Gasteiger partial charge in [0.15, 0.2) is 0 Å². The SMILES string of the molecule is CCCOc1ccccc1Nc1ncc(C(F)(F)F)c(Sc2ccccc2)n1. The van der Waals surface area contributed by atoms with Gasteiger partial charge in [0, 0.05) is 11.1 Å². The summed E-state index contributed by atoms with van der Waals surface area (Å²) < 4.78 is 45.8. The fraction of sp³-hybridized carbons (Fsp3) is 0.200. The van der Waals surface area contributed by atoms with Gasteiger partial charge >= 0.3 is 6.18 Å². The quantitative estimate of drug-likeness (QED) is 0.476. The fourth-order valence-corrected chi connectivity index (χ4v) is 3.25. The Hall–Kier alpha value is -2.74. The van der Waals surface area contributed by atoms with E-state index in [4.69, 9.17) is 4.74 Å². The number of hydrogen-bond acceptors (Lipinski definition) is 5. The van der Waals surface area contributed by atoms with E-state index < -0.39 is 11.7 Å². The molecule has 0 aliphatic rings. The van der Waals surface area contributed by atoms with E-state index in [0.29, 0.717) is 22.9 Å². The lowest BCUT2D eigenvalue weighted by Gasteiger charge is -2.15. The maximum Gasteiger partial charge on any atom is 0.420 e. The van der Waals surface area contributed by atoms with E-state index >= 15 is 0 Å². The Labute approximate surface area is 165 Å². The molecular formula is C20H18F3N3OS. The highest BCUT2D eigenvalue weighted by molar-refractivity contribution is 7.99. The minimum Gasteiger partial charge on any atom is -0.491 e. The molecule has 0 unspecified atom stereocenters. The second-order valence-corrected chi connectivity index (χ2v) is 6.86. The Morgan fingerprint density at radius 2 is 1.75 bits per heavy atom. The topological polar surface area (TPSA) is 47.0 Å². The molecule has 0 saturated carbocycles. The van der Waals surface area contributed by atoms with E-state index in [9.17, 15) is 13.2 Å². The maximum absolute atomic E-state index is 13.4. The van der Waals surface area contributed by atoms with Gasteiger partial charge in [-0.3, -0.25) is 0 Å². The third-order valence-corrected chi connectivity index (χ3v) is 4.62. The standard InChI is InChI=1S/C20H18F3N3OS/c1-2-12-27-17-11-7-6-10-16(17)25-19-24-13-15(20(21,22)23)18(26-19)28-14-8-4-3-5-9-14/h3-11,13H,2,12H2,1H3,(H,24,25,26). The zero-order chi connectivity index (χ0) is 20.0. The summed E-state index contributed by atoms with van der Waals surface area (Å²) in [5.41, 5.74) is -0.284. The third kappa shape index (κ3) is 5.16. The second-order valence-electron chi connectivity index (χ2n) is 5.79. The summed E-state index contributed by atoms with van der Waals surface area (Å²) in [6, 6.07) is 15.9. The number of para-hydroxylation sites is 2. The van der Waals surface area contributed by atoms with E-state index in [1.807, 2.05) is 13.0 Å². The highest BCUT2D eigenvalue weighted by atomic mass is 32.2. The highest BCUT2D eigenvalue weighted by Crippen LogP contribution is 2.39. The lowest BCUT2D eigenvalue weighted by atomic mass is 10.3. The largest absolute Gasteiger partial charge is 0.491 e. The van der Waals surface area contributed by atoms with Crippen LogP contribution in [0.5, 0.6) is 5.75 Å². The molecule has 2 aromatic carbocycles. The van der Waals surface area contributed by atoms with Crippen molar-refractivity contribution in [2.24, 2.45) is 0 Å². The summed E-state index contributed by atoms with van der Waals surface area (Å²) in [5, 5.41) is 2.79. The lowest BCUT2D eigenvalue weighted by Crippen LogP contribution is -2.11. The Balaban J connectivity index is 1.92. The van der Waals surface area contributed by atoms with Crippen LogP contribution in [0.4, 0.5) is 24.8 Å². The van der Waals surface area contributed by atoms with Gasteiger partial charge in [-0.05, 0) is 30.7 Å². The van der Waals surface area contributed by atoms with Crippen molar-refractivity contribution >= 4 is 23.4 Å². The van der Waals surface area contributed by atoms with Gasteiger partial charge in [-0.15, -0.1) is 0 Å². The van der Waals surface area contributed by atoms with E-state index in [0.717, 1.165) is 24.4 Å². The van der Waals surface area contributed by atoms with Crippen molar-refractivity contribution in [3.05, 3.63) is 66.4 Å². The number of benzene rings is 2. The number of anilines is 2. The predicted octanol–water partition coefficient (Wildman–Crippen LogP) is 6.18. The number of nitrogens with zero attached hydrogens (tertiary/aromatic N) is 2. The van der Waals surface area contributed by atoms with Crippen molar-refractivity contribution in [2.75, 3.05) is 11.9 Å². The maximum atomic E-state index is 13.4. The Morgan fingerprint density at radius 1 is 1.04 bits per heavy atom. The van der Waals surface area contributed by atoms with Crippen LogP contribution < -0.4 is 10.1 Å². The van der Waals surface area contributed by atoms with Crippen molar-refractivity contribution in [3.63, 3.8) is 0 Å². The van der Waals surface area contributed by atoms with Crippen molar-refractivity contribution in [3.8, 4) is 5.75 Å².